The summed E-state index contributed by atoms with van der Waals surface area (Å²) < 4.78 is 10.5. The van der Waals surface area contributed by atoms with E-state index in [0.717, 1.165) is 5.56 Å². The second kappa shape index (κ2) is 9.78. The fourth-order valence-corrected chi connectivity index (χ4v) is 1.83. The molecule has 0 aliphatic carbocycles. The van der Waals surface area contributed by atoms with Crippen LogP contribution >= 0.6 is 0 Å². The first-order chi connectivity index (χ1) is 11.5. The van der Waals surface area contributed by atoms with Gasteiger partial charge in [-0.1, -0.05) is 6.07 Å². The van der Waals surface area contributed by atoms with Crippen molar-refractivity contribution in [1.82, 2.24) is 0 Å². The maximum atomic E-state index is 5.48. The van der Waals surface area contributed by atoms with Gasteiger partial charge in [-0.25, -0.2) is 9.98 Å². The molecule has 128 valence electrons. The van der Waals surface area contributed by atoms with E-state index in [9.17, 15) is 0 Å². The van der Waals surface area contributed by atoms with Gasteiger partial charge in [0.25, 0.3) is 0 Å². The minimum absolute atomic E-state index is 0.0875. The fraction of sp³-hybridized carbons (Fsp3) is 0.250. The van der Waals surface area contributed by atoms with Crippen LogP contribution in [0.5, 0.6) is 11.5 Å². The summed E-state index contributed by atoms with van der Waals surface area (Å²) in [7, 11) is 3.15. The number of benzene rings is 1. The maximum Gasteiger partial charge on any atom is 0.192 e. The van der Waals surface area contributed by atoms with Crippen molar-refractivity contribution >= 4 is 24.9 Å². The van der Waals surface area contributed by atoms with Gasteiger partial charge >= 0.3 is 0 Å². The second-order valence-electron chi connectivity index (χ2n) is 4.50. The molecule has 0 aliphatic heterocycles. The molecule has 0 spiro atoms. The minimum atomic E-state index is -0.0875. The first kappa shape index (κ1) is 18.9. The molecule has 0 heterocycles. The highest BCUT2D eigenvalue weighted by Gasteiger charge is 2.08. The average Bonchev–Trinajstić information content (AvgIpc) is 2.57. The lowest BCUT2D eigenvalue weighted by molar-refractivity contribution is 0.354. The van der Waals surface area contributed by atoms with Gasteiger partial charge in [-0.3, -0.25) is 4.99 Å². The van der Waals surface area contributed by atoms with Crippen LogP contribution in [0.1, 0.15) is 12.5 Å². The quantitative estimate of drug-likeness (QED) is 0.581. The number of ether oxygens (including phenoxy) is 2. The molecular formula is C16H22N6O2. The Morgan fingerprint density at radius 3 is 2.42 bits per heavy atom. The van der Waals surface area contributed by atoms with Crippen molar-refractivity contribution in [3.8, 4) is 11.5 Å². The zero-order chi connectivity index (χ0) is 17.9. The Bertz CT molecular complexity index is 688. The molecule has 24 heavy (non-hydrogen) atoms. The number of nitrogens with two attached hydrogens (primary N) is 2. The van der Waals surface area contributed by atoms with Gasteiger partial charge in [0, 0.05) is 6.42 Å². The lowest BCUT2D eigenvalue weighted by Crippen LogP contribution is -2.24. The molecule has 1 aromatic carbocycles. The lowest BCUT2D eigenvalue weighted by atomic mass is 10.1. The first-order valence-electron chi connectivity index (χ1n) is 7.06. The summed E-state index contributed by atoms with van der Waals surface area (Å²) in [6.45, 7) is 5.12. The number of hydrogen-bond acceptors (Lipinski definition) is 4. The van der Waals surface area contributed by atoms with Crippen LogP contribution in [0.15, 0.2) is 50.1 Å². The number of allylic oxidation sites excluding steroid dienone is 1. The number of guanidine groups is 1. The van der Waals surface area contributed by atoms with Crippen molar-refractivity contribution in [3.05, 3.63) is 35.7 Å². The molecule has 0 aliphatic rings. The summed E-state index contributed by atoms with van der Waals surface area (Å²) in [4.78, 5) is 16.0. The van der Waals surface area contributed by atoms with Gasteiger partial charge in [-0.15, -0.1) is 0 Å². The summed E-state index contributed by atoms with van der Waals surface area (Å²) >= 11 is 0. The van der Waals surface area contributed by atoms with Gasteiger partial charge in [-0.2, -0.15) is 4.99 Å². The third kappa shape index (κ3) is 5.91. The molecule has 0 bridgehead atoms. The Balaban J connectivity index is 3.17. The van der Waals surface area contributed by atoms with E-state index in [1.54, 1.807) is 33.3 Å². The van der Waals surface area contributed by atoms with E-state index in [1.807, 2.05) is 12.1 Å². The topological polar surface area (TPSA) is 120 Å². The highest BCUT2D eigenvalue weighted by Crippen LogP contribution is 2.27. The Labute approximate surface area is 141 Å². The molecule has 0 radical (unpaired) electrons. The van der Waals surface area contributed by atoms with Crippen LogP contribution in [0.3, 0.4) is 0 Å². The number of amidine groups is 1. The zero-order valence-electron chi connectivity index (χ0n) is 14.1. The summed E-state index contributed by atoms with van der Waals surface area (Å²) in [6.07, 6.45) is 3.38. The van der Waals surface area contributed by atoms with E-state index in [1.165, 1.54) is 6.34 Å². The van der Waals surface area contributed by atoms with Crippen LogP contribution in [0.4, 0.5) is 0 Å². The van der Waals surface area contributed by atoms with Crippen LogP contribution in [0.2, 0.25) is 0 Å². The molecule has 0 atom stereocenters. The summed E-state index contributed by atoms with van der Waals surface area (Å²) in [5, 5.41) is 0. The molecular weight excluding hydrogens is 308 g/mol. The highest BCUT2D eigenvalue weighted by molar-refractivity contribution is 5.96. The van der Waals surface area contributed by atoms with Crippen LogP contribution in [0.25, 0.3) is 0 Å². The molecule has 0 amide bonds. The van der Waals surface area contributed by atoms with Crippen LogP contribution < -0.4 is 20.9 Å². The van der Waals surface area contributed by atoms with Gasteiger partial charge in [0.05, 0.1) is 14.2 Å². The van der Waals surface area contributed by atoms with E-state index in [4.69, 9.17) is 20.9 Å². The fourth-order valence-electron chi connectivity index (χ4n) is 1.83. The van der Waals surface area contributed by atoms with Gasteiger partial charge in [-0.05, 0) is 37.4 Å². The Hall–Kier alpha value is -3.16. The molecule has 8 nitrogen and oxygen atoms in total. The Kier molecular flexibility index (Phi) is 7.69. The third-order valence-electron chi connectivity index (χ3n) is 2.84. The normalized spacial score (nSPS) is 12.1. The molecule has 0 fully saturated rings. The number of nitrogens with zero attached hydrogens (tertiary/aromatic N) is 4. The summed E-state index contributed by atoms with van der Waals surface area (Å²) in [5.74, 6) is 1.98. The standard InChI is InChI=1S/C16H22N6O2/c1-5-14(20-10-19-2)21-15(22-16(17)18)9-11-6-7-12(23-3)13(8-11)24-4/h5-8,10H,2,9H2,1,3-4H3,(H4,17,18,21,22)/b14-5+,20-10-. The third-order valence-corrected chi connectivity index (χ3v) is 2.84. The van der Waals surface area contributed by atoms with E-state index in [-0.39, 0.29) is 5.96 Å². The molecule has 1 rings (SSSR count). The maximum absolute atomic E-state index is 5.48. The number of aliphatic imine (C=N–C) groups is 4. The Morgan fingerprint density at radius 1 is 1.17 bits per heavy atom. The van der Waals surface area contributed by atoms with E-state index in [2.05, 4.69) is 26.7 Å². The molecule has 8 heteroatoms. The van der Waals surface area contributed by atoms with E-state index in [0.29, 0.717) is 29.6 Å². The van der Waals surface area contributed by atoms with Crippen molar-refractivity contribution < 1.29 is 9.47 Å². The van der Waals surface area contributed by atoms with Crippen molar-refractivity contribution in [1.29, 1.82) is 0 Å². The molecule has 1 aromatic rings. The minimum Gasteiger partial charge on any atom is -0.493 e. The van der Waals surface area contributed by atoms with Gasteiger partial charge in [0.1, 0.15) is 12.2 Å². The Morgan fingerprint density at radius 2 is 1.88 bits per heavy atom. The van der Waals surface area contributed by atoms with Gasteiger partial charge in [0.15, 0.2) is 23.3 Å². The zero-order valence-corrected chi connectivity index (χ0v) is 14.1. The highest BCUT2D eigenvalue weighted by atomic mass is 16.5. The smallest absolute Gasteiger partial charge is 0.192 e. The second-order valence-corrected chi connectivity index (χ2v) is 4.50. The number of hydrogen-bond donors (Lipinski definition) is 2. The lowest BCUT2D eigenvalue weighted by Gasteiger charge is -2.09. The van der Waals surface area contributed by atoms with Crippen LogP contribution in [0, 0.1) is 0 Å². The number of methoxy groups -OCH3 is 2. The predicted octanol–water partition coefficient (Wildman–Crippen LogP) is 1.51. The van der Waals surface area contributed by atoms with Crippen molar-refractivity contribution in [3.63, 3.8) is 0 Å². The SMILES string of the molecule is C=N\C=N/C(=C\C)/N=C(\Cc1ccc(OC)c(OC)c1)N=C(N)N. The summed E-state index contributed by atoms with van der Waals surface area (Å²) in [6, 6.07) is 5.52. The molecule has 0 aromatic heterocycles. The monoisotopic (exact) mass is 330 g/mol. The van der Waals surface area contributed by atoms with Crippen molar-refractivity contribution in [2.45, 2.75) is 13.3 Å². The molecule has 0 saturated carbocycles. The van der Waals surface area contributed by atoms with Crippen molar-refractivity contribution in [2.24, 2.45) is 31.4 Å². The molecule has 4 N–H and O–H groups in total. The van der Waals surface area contributed by atoms with E-state index >= 15 is 0 Å². The van der Waals surface area contributed by atoms with Crippen LogP contribution in [-0.2, 0) is 6.42 Å². The number of rotatable bonds is 7. The average molecular weight is 330 g/mol. The molecule has 0 unspecified atom stereocenters. The predicted molar refractivity (Wildman–Crippen MR) is 98.3 cm³/mol. The van der Waals surface area contributed by atoms with Crippen molar-refractivity contribution in [2.75, 3.05) is 14.2 Å². The van der Waals surface area contributed by atoms with Gasteiger partial charge < -0.3 is 20.9 Å². The van der Waals surface area contributed by atoms with E-state index < -0.39 is 0 Å². The largest absolute Gasteiger partial charge is 0.493 e. The van der Waals surface area contributed by atoms with Crippen LogP contribution in [-0.4, -0.2) is 39.1 Å². The summed E-state index contributed by atoms with van der Waals surface area (Å²) in [5.41, 5.74) is 11.9. The van der Waals surface area contributed by atoms with Gasteiger partial charge in [0.2, 0.25) is 0 Å². The molecule has 0 saturated heterocycles. The first-order valence-corrected chi connectivity index (χ1v) is 7.06.